The molecule has 0 atom stereocenters. The van der Waals surface area contributed by atoms with E-state index in [0.717, 1.165) is 27.5 Å². The molecule has 0 aliphatic heterocycles. The predicted octanol–water partition coefficient (Wildman–Crippen LogP) is 6.78. The molecule has 0 amide bonds. The highest BCUT2D eigenvalue weighted by Gasteiger charge is 2.12. The first-order valence-electron chi connectivity index (χ1n) is 9.56. The van der Waals surface area contributed by atoms with Gasteiger partial charge in [-0.2, -0.15) is 5.26 Å². The molecule has 0 radical (unpaired) electrons. The minimum atomic E-state index is 0.509. The number of nitrogens with zero attached hydrogens (tertiary/aromatic N) is 1. The van der Waals surface area contributed by atoms with Crippen molar-refractivity contribution >= 4 is 27.2 Å². The van der Waals surface area contributed by atoms with Crippen LogP contribution in [0.4, 0.5) is 5.69 Å². The van der Waals surface area contributed by atoms with Crippen molar-refractivity contribution in [3.63, 3.8) is 0 Å². The molecule has 0 aliphatic rings. The van der Waals surface area contributed by atoms with Gasteiger partial charge in [-0.1, -0.05) is 84.9 Å². The summed E-state index contributed by atoms with van der Waals surface area (Å²) in [5, 5.41) is 14.0. The zero-order valence-electron chi connectivity index (χ0n) is 15.8. The van der Waals surface area contributed by atoms with Crippen LogP contribution in [0.25, 0.3) is 43.8 Å². The van der Waals surface area contributed by atoms with Crippen LogP contribution in [0.3, 0.4) is 0 Å². The van der Waals surface area contributed by atoms with E-state index in [1.54, 1.807) is 0 Å². The van der Waals surface area contributed by atoms with Gasteiger partial charge >= 0.3 is 0 Å². The van der Waals surface area contributed by atoms with E-state index in [2.05, 4.69) is 78.9 Å². The molecule has 2 N–H and O–H groups in total. The Labute approximate surface area is 169 Å². The summed E-state index contributed by atoms with van der Waals surface area (Å²) in [6.07, 6.45) is 0. The number of nitriles is 1. The highest BCUT2D eigenvalue weighted by molar-refractivity contribution is 6.05. The van der Waals surface area contributed by atoms with Crippen LogP contribution in [0.5, 0.6) is 0 Å². The molecular formula is C27H18N2. The molecule has 0 bridgehead atoms. The average Bonchev–Trinajstić information content (AvgIpc) is 2.79. The number of nitrogen functional groups attached to an aromatic ring is 1. The minimum absolute atomic E-state index is 0.509. The van der Waals surface area contributed by atoms with E-state index >= 15 is 0 Å². The van der Waals surface area contributed by atoms with Crippen LogP contribution in [0.1, 0.15) is 5.56 Å². The Morgan fingerprint density at radius 1 is 0.586 bits per heavy atom. The number of rotatable bonds is 2. The van der Waals surface area contributed by atoms with Crippen LogP contribution >= 0.6 is 0 Å². The molecule has 5 aromatic rings. The third-order valence-electron chi connectivity index (χ3n) is 5.48. The van der Waals surface area contributed by atoms with Crippen LogP contribution in [-0.2, 0) is 0 Å². The van der Waals surface area contributed by atoms with Crippen LogP contribution < -0.4 is 5.73 Å². The fraction of sp³-hybridized carbons (Fsp3) is 0. The van der Waals surface area contributed by atoms with Gasteiger partial charge in [0.15, 0.2) is 0 Å². The number of hydrogen-bond acceptors (Lipinski definition) is 2. The van der Waals surface area contributed by atoms with Gasteiger partial charge in [0.1, 0.15) is 6.07 Å². The highest BCUT2D eigenvalue weighted by atomic mass is 14.6. The van der Waals surface area contributed by atoms with Gasteiger partial charge in [-0.15, -0.1) is 0 Å². The molecule has 2 nitrogen and oxygen atoms in total. The highest BCUT2D eigenvalue weighted by Crippen LogP contribution is 2.37. The topological polar surface area (TPSA) is 49.8 Å². The number of hydrogen-bond donors (Lipinski definition) is 1. The first-order chi connectivity index (χ1) is 14.3. The molecule has 136 valence electrons. The number of benzene rings is 5. The Bertz CT molecular complexity index is 1420. The van der Waals surface area contributed by atoms with Crippen molar-refractivity contribution in [2.24, 2.45) is 0 Å². The predicted molar refractivity (Wildman–Crippen MR) is 121 cm³/mol. The standard InChI is InChI=1S/C27H18N2/c28-17-21-16-26(24-12-3-4-13-25(24)27(21)29)20-10-5-9-19(15-20)23-14-6-8-18-7-1-2-11-22(18)23/h1-16H,29H2. The van der Waals surface area contributed by atoms with Crippen molar-refractivity contribution in [1.82, 2.24) is 0 Å². The maximum atomic E-state index is 9.57. The van der Waals surface area contributed by atoms with E-state index in [0.29, 0.717) is 11.3 Å². The van der Waals surface area contributed by atoms with Gasteiger partial charge in [0.2, 0.25) is 0 Å². The summed E-state index contributed by atoms with van der Waals surface area (Å²) in [5.41, 5.74) is 11.7. The molecule has 0 heterocycles. The van der Waals surface area contributed by atoms with Gasteiger partial charge in [-0.3, -0.25) is 0 Å². The quantitative estimate of drug-likeness (QED) is 0.348. The lowest BCUT2D eigenvalue weighted by Crippen LogP contribution is -1.94. The maximum absolute atomic E-state index is 9.57. The van der Waals surface area contributed by atoms with Crippen LogP contribution in [0, 0.1) is 11.3 Å². The monoisotopic (exact) mass is 370 g/mol. The van der Waals surface area contributed by atoms with E-state index in [1.165, 1.54) is 16.3 Å². The van der Waals surface area contributed by atoms with Gasteiger partial charge in [-0.05, 0) is 50.5 Å². The molecule has 29 heavy (non-hydrogen) atoms. The lowest BCUT2D eigenvalue weighted by atomic mass is 9.91. The zero-order valence-corrected chi connectivity index (χ0v) is 15.8. The van der Waals surface area contributed by atoms with Gasteiger partial charge in [0.25, 0.3) is 0 Å². The summed E-state index contributed by atoms with van der Waals surface area (Å²) >= 11 is 0. The van der Waals surface area contributed by atoms with Gasteiger partial charge in [0, 0.05) is 5.39 Å². The molecule has 0 saturated heterocycles. The molecule has 0 spiro atoms. The third-order valence-corrected chi connectivity index (χ3v) is 5.48. The summed E-state index contributed by atoms with van der Waals surface area (Å²) < 4.78 is 0. The van der Waals surface area contributed by atoms with E-state index in [9.17, 15) is 5.26 Å². The van der Waals surface area contributed by atoms with Crippen molar-refractivity contribution in [1.29, 1.82) is 5.26 Å². The largest absolute Gasteiger partial charge is 0.397 e. The van der Waals surface area contributed by atoms with E-state index < -0.39 is 0 Å². The Morgan fingerprint density at radius 2 is 1.21 bits per heavy atom. The number of anilines is 1. The van der Waals surface area contributed by atoms with Crippen molar-refractivity contribution in [2.75, 3.05) is 5.73 Å². The summed E-state index contributed by atoms with van der Waals surface area (Å²) in [6, 6.07) is 35.4. The number of nitrogens with two attached hydrogens (primary N) is 1. The van der Waals surface area contributed by atoms with Crippen molar-refractivity contribution in [3.05, 3.63) is 103 Å². The SMILES string of the molecule is N#Cc1cc(-c2cccc(-c3cccc4ccccc34)c2)c2ccccc2c1N. The Morgan fingerprint density at radius 3 is 2.00 bits per heavy atom. The van der Waals surface area contributed by atoms with Gasteiger partial charge < -0.3 is 5.73 Å². The lowest BCUT2D eigenvalue weighted by molar-refractivity contribution is 1.49. The van der Waals surface area contributed by atoms with E-state index in [1.807, 2.05) is 24.3 Å². The molecule has 0 aliphatic carbocycles. The second-order valence-corrected chi connectivity index (χ2v) is 7.15. The molecule has 0 saturated carbocycles. The maximum Gasteiger partial charge on any atom is 0.101 e. The molecule has 5 aromatic carbocycles. The van der Waals surface area contributed by atoms with E-state index in [-0.39, 0.29) is 0 Å². The van der Waals surface area contributed by atoms with Crippen molar-refractivity contribution in [3.8, 4) is 28.3 Å². The fourth-order valence-corrected chi connectivity index (χ4v) is 4.06. The molecule has 5 rings (SSSR count). The Kier molecular flexibility index (Phi) is 4.00. The van der Waals surface area contributed by atoms with Crippen LogP contribution in [0.15, 0.2) is 97.1 Å². The minimum Gasteiger partial charge on any atom is -0.397 e. The van der Waals surface area contributed by atoms with Crippen LogP contribution in [0.2, 0.25) is 0 Å². The van der Waals surface area contributed by atoms with Crippen molar-refractivity contribution in [2.45, 2.75) is 0 Å². The van der Waals surface area contributed by atoms with E-state index in [4.69, 9.17) is 5.73 Å². The Hall–Kier alpha value is -4.09. The molecule has 0 unspecified atom stereocenters. The third kappa shape index (κ3) is 2.81. The smallest absolute Gasteiger partial charge is 0.101 e. The number of fused-ring (bicyclic) bond motifs is 2. The lowest BCUT2D eigenvalue weighted by Gasteiger charge is -2.13. The van der Waals surface area contributed by atoms with Gasteiger partial charge in [-0.25, -0.2) is 0 Å². The second kappa shape index (κ2) is 6.82. The molecule has 0 aromatic heterocycles. The first kappa shape index (κ1) is 17.0. The van der Waals surface area contributed by atoms with Crippen molar-refractivity contribution < 1.29 is 0 Å². The summed E-state index contributed by atoms with van der Waals surface area (Å²) in [5.74, 6) is 0. The average molecular weight is 370 g/mol. The molecular weight excluding hydrogens is 352 g/mol. The summed E-state index contributed by atoms with van der Waals surface area (Å²) in [4.78, 5) is 0. The molecule has 2 heteroatoms. The Balaban J connectivity index is 1.76. The second-order valence-electron chi connectivity index (χ2n) is 7.15. The normalized spacial score (nSPS) is 10.9. The van der Waals surface area contributed by atoms with Crippen LogP contribution in [-0.4, -0.2) is 0 Å². The zero-order chi connectivity index (χ0) is 19.8. The first-order valence-corrected chi connectivity index (χ1v) is 9.56. The fourth-order valence-electron chi connectivity index (χ4n) is 4.06. The molecule has 0 fully saturated rings. The van der Waals surface area contributed by atoms with Gasteiger partial charge in [0.05, 0.1) is 11.3 Å². The summed E-state index contributed by atoms with van der Waals surface area (Å²) in [6.45, 7) is 0. The summed E-state index contributed by atoms with van der Waals surface area (Å²) in [7, 11) is 0.